The SMILES string of the molecule is COCCNCC(CC(C)C)CC1CCC(C)O1. The summed E-state index contributed by atoms with van der Waals surface area (Å²) in [7, 11) is 1.75. The van der Waals surface area contributed by atoms with Crippen LogP contribution in [0.5, 0.6) is 0 Å². The molecule has 18 heavy (non-hydrogen) atoms. The van der Waals surface area contributed by atoms with Crippen LogP contribution in [0.3, 0.4) is 0 Å². The maximum Gasteiger partial charge on any atom is 0.0587 e. The number of nitrogens with one attached hydrogen (secondary N) is 1. The standard InChI is InChI=1S/C15H31NO2/c1-12(2)9-14(11-16-7-8-17-4)10-15-6-5-13(3)18-15/h12-16H,5-11H2,1-4H3. The van der Waals surface area contributed by atoms with Crippen LogP contribution in [0.4, 0.5) is 0 Å². The molecule has 0 aromatic rings. The number of hydrogen-bond acceptors (Lipinski definition) is 3. The van der Waals surface area contributed by atoms with Crippen molar-refractivity contribution in [2.45, 2.75) is 58.7 Å². The van der Waals surface area contributed by atoms with Crippen molar-refractivity contribution >= 4 is 0 Å². The topological polar surface area (TPSA) is 30.5 Å². The molecule has 1 heterocycles. The van der Waals surface area contributed by atoms with Gasteiger partial charge < -0.3 is 14.8 Å². The highest BCUT2D eigenvalue weighted by molar-refractivity contribution is 4.76. The Morgan fingerprint density at radius 1 is 1.33 bits per heavy atom. The Balaban J connectivity index is 2.25. The molecule has 0 saturated carbocycles. The average Bonchev–Trinajstić information content (AvgIpc) is 2.69. The van der Waals surface area contributed by atoms with Crippen LogP contribution in [0.2, 0.25) is 0 Å². The van der Waals surface area contributed by atoms with Crippen LogP contribution < -0.4 is 5.32 Å². The highest BCUT2D eigenvalue weighted by Gasteiger charge is 2.25. The van der Waals surface area contributed by atoms with E-state index in [4.69, 9.17) is 9.47 Å². The largest absolute Gasteiger partial charge is 0.383 e. The van der Waals surface area contributed by atoms with Crippen molar-refractivity contribution < 1.29 is 9.47 Å². The molecule has 1 rings (SSSR count). The van der Waals surface area contributed by atoms with Gasteiger partial charge in [-0.15, -0.1) is 0 Å². The molecule has 1 aliphatic rings. The predicted molar refractivity (Wildman–Crippen MR) is 75.9 cm³/mol. The quantitative estimate of drug-likeness (QED) is 0.644. The van der Waals surface area contributed by atoms with Crippen molar-refractivity contribution in [2.75, 3.05) is 26.8 Å². The lowest BCUT2D eigenvalue weighted by Crippen LogP contribution is -2.29. The smallest absolute Gasteiger partial charge is 0.0587 e. The molecule has 108 valence electrons. The summed E-state index contributed by atoms with van der Waals surface area (Å²) in [6.07, 6.45) is 5.94. The Bertz CT molecular complexity index is 209. The molecule has 1 aliphatic heterocycles. The Hall–Kier alpha value is -0.120. The fraction of sp³-hybridized carbons (Fsp3) is 1.00. The first-order chi connectivity index (χ1) is 8.61. The normalized spacial score (nSPS) is 25.8. The fourth-order valence-corrected chi connectivity index (χ4v) is 2.84. The first-order valence-electron chi connectivity index (χ1n) is 7.47. The number of methoxy groups -OCH3 is 1. The van der Waals surface area contributed by atoms with Gasteiger partial charge in [0.25, 0.3) is 0 Å². The minimum Gasteiger partial charge on any atom is -0.383 e. The second-order valence-electron chi connectivity index (χ2n) is 6.07. The van der Waals surface area contributed by atoms with Crippen molar-refractivity contribution in [3.8, 4) is 0 Å². The first-order valence-corrected chi connectivity index (χ1v) is 7.47. The van der Waals surface area contributed by atoms with Gasteiger partial charge in [0.2, 0.25) is 0 Å². The van der Waals surface area contributed by atoms with Crippen LogP contribution in [0, 0.1) is 11.8 Å². The highest BCUT2D eigenvalue weighted by atomic mass is 16.5. The van der Waals surface area contributed by atoms with E-state index in [1.807, 2.05) is 0 Å². The van der Waals surface area contributed by atoms with Crippen molar-refractivity contribution in [3.63, 3.8) is 0 Å². The van der Waals surface area contributed by atoms with Gasteiger partial charge in [-0.1, -0.05) is 13.8 Å². The molecule has 0 aliphatic carbocycles. The molecule has 1 N–H and O–H groups in total. The van der Waals surface area contributed by atoms with E-state index in [0.717, 1.165) is 31.5 Å². The molecule has 0 amide bonds. The second-order valence-corrected chi connectivity index (χ2v) is 6.07. The van der Waals surface area contributed by atoms with E-state index in [1.165, 1.54) is 25.7 Å². The van der Waals surface area contributed by atoms with Crippen LogP contribution in [0.1, 0.15) is 46.5 Å². The number of ether oxygens (including phenoxy) is 2. The molecule has 0 radical (unpaired) electrons. The molecular weight excluding hydrogens is 226 g/mol. The highest BCUT2D eigenvalue weighted by Crippen LogP contribution is 2.27. The molecule has 3 atom stereocenters. The average molecular weight is 257 g/mol. The van der Waals surface area contributed by atoms with Crippen LogP contribution in [-0.4, -0.2) is 39.0 Å². The Morgan fingerprint density at radius 3 is 2.67 bits per heavy atom. The van der Waals surface area contributed by atoms with Gasteiger partial charge in [0, 0.05) is 13.7 Å². The molecular formula is C15H31NO2. The Labute approximate surface area is 113 Å². The minimum absolute atomic E-state index is 0.469. The molecule has 3 nitrogen and oxygen atoms in total. The summed E-state index contributed by atoms with van der Waals surface area (Å²) < 4.78 is 11.0. The molecule has 3 heteroatoms. The lowest BCUT2D eigenvalue weighted by atomic mass is 9.91. The summed E-state index contributed by atoms with van der Waals surface area (Å²) in [5, 5.41) is 3.50. The lowest BCUT2D eigenvalue weighted by molar-refractivity contribution is 0.0386. The molecule has 0 spiro atoms. The molecule has 0 bridgehead atoms. The molecule has 1 saturated heterocycles. The van der Waals surface area contributed by atoms with Gasteiger partial charge in [-0.2, -0.15) is 0 Å². The van der Waals surface area contributed by atoms with E-state index >= 15 is 0 Å². The third kappa shape index (κ3) is 6.72. The maximum absolute atomic E-state index is 5.95. The van der Waals surface area contributed by atoms with Crippen molar-refractivity contribution in [1.29, 1.82) is 0 Å². The van der Waals surface area contributed by atoms with E-state index in [0.29, 0.717) is 12.2 Å². The predicted octanol–water partition coefficient (Wildman–Crippen LogP) is 2.84. The van der Waals surface area contributed by atoms with Crippen molar-refractivity contribution in [1.82, 2.24) is 5.32 Å². The lowest BCUT2D eigenvalue weighted by Gasteiger charge is -2.23. The number of hydrogen-bond donors (Lipinski definition) is 1. The van der Waals surface area contributed by atoms with E-state index in [2.05, 4.69) is 26.1 Å². The first kappa shape index (κ1) is 15.9. The van der Waals surface area contributed by atoms with Crippen LogP contribution in [-0.2, 0) is 9.47 Å². The van der Waals surface area contributed by atoms with Crippen LogP contribution in [0.25, 0.3) is 0 Å². The van der Waals surface area contributed by atoms with Gasteiger partial charge in [0.1, 0.15) is 0 Å². The molecule has 1 fully saturated rings. The van der Waals surface area contributed by atoms with E-state index in [1.54, 1.807) is 7.11 Å². The van der Waals surface area contributed by atoms with Gasteiger partial charge in [-0.3, -0.25) is 0 Å². The van der Waals surface area contributed by atoms with E-state index in [-0.39, 0.29) is 0 Å². The fourth-order valence-electron chi connectivity index (χ4n) is 2.84. The zero-order chi connectivity index (χ0) is 13.4. The Morgan fingerprint density at radius 2 is 2.11 bits per heavy atom. The molecule has 3 unspecified atom stereocenters. The van der Waals surface area contributed by atoms with Crippen LogP contribution in [0.15, 0.2) is 0 Å². The van der Waals surface area contributed by atoms with Crippen molar-refractivity contribution in [3.05, 3.63) is 0 Å². The van der Waals surface area contributed by atoms with Gasteiger partial charge in [0.15, 0.2) is 0 Å². The summed E-state index contributed by atoms with van der Waals surface area (Å²) in [5.74, 6) is 1.50. The van der Waals surface area contributed by atoms with Gasteiger partial charge >= 0.3 is 0 Å². The third-order valence-electron chi connectivity index (χ3n) is 3.64. The zero-order valence-electron chi connectivity index (χ0n) is 12.6. The molecule has 0 aromatic carbocycles. The summed E-state index contributed by atoms with van der Waals surface area (Å²) in [6, 6.07) is 0. The maximum atomic E-state index is 5.95. The summed E-state index contributed by atoms with van der Waals surface area (Å²) in [6.45, 7) is 9.64. The third-order valence-corrected chi connectivity index (χ3v) is 3.64. The Kier molecular flexibility index (Phi) is 7.87. The summed E-state index contributed by atoms with van der Waals surface area (Å²) >= 11 is 0. The van der Waals surface area contributed by atoms with Gasteiger partial charge in [0.05, 0.1) is 18.8 Å². The minimum atomic E-state index is 0.469. The van der Waals surface area contributed by atoms with Gasteiger partial charge in [-0.05, 0) is 51.0 Å². The van der Waals surface area contributed by atoms with E-state index in [9.17, 15) is 0 Å². The van der Waals surface area contributed by atoms with Crippen LogP contribution >= 0.6 is 0 Å². The van der Waals surface area contributed by atoms with Gasteiger partial charge in [-0.25, -0.2) is 0 Å². The van der Waals surface area contributed by atoms with Crippen molar-refractivity contribution in [2.24, 2.45) is 11.8 Å². The second kappa shape index (κ2) is 8.89. The zero-order valence-corrected chi connectivity index (χ0v) is 12.6. The number of rotatable bonds is 9. The summed E-state index contributed by atoms with van der Waals surface area (Å²) in [4.78, 5) is 0. The monoisotopic (exact) mass is 257 g/mol. The molecule has 0 aromatic heterocycles. The van der Waals surface area contributed by atoms with E-state index < -0.39 is 0 Å². The summed E-state index contributed by atoms with van der Waals surface area (Å²) in [5.41, 5.74) is 0.